The monoisotopic (exact) mass is 303 g/mol. The molecule has 0 atom stereocenters. The summed E-state index contributed by atoms with van der Waals surface area (Å²) in [5.41, 5.74) is 0. The fourth-order valence-electron chi connectivity index (χ4n) is 2.00. The summed E-state index contributed by atoms with van der Waals surface area (Å²) < 4.78 is 26.7. The topological polar surface area (TPSA) is 57.6 Å². The largest absolute Gasteiger partial charge is 0.396 e. The Kier molecular flexibility index (Phi) is 4.84. The maximum absolute atomic E-state index is 12.6. The highest BCUT2D eigenvalue weighted by atomic mass is 35.5. The average Bonchev–Trinajstić information content (AvgIpc) is 3.18. The molecule has 0 radical (unpaired) electrons. The molecule has 0 bridgehead atoms. The average molecular weight is 304 g/mol. The third-order valence-electron chi connectivity index (χ3n) is 3.14. The standard InChI is InChI=1S/C13H18ClNO3S/c14-11-4-3-5-13(10-11)19(17,18)15(12-6-7-12)8-1-2-9-16/h3-5,10,12,16H,1-2,6-9H2. The van der Waals surface area contributed by atoms with Crippen LogP contribution < -0.4 is 0 Å². The number of hydrogen-bond acceptors (Lipinski definition) is 3. The molecule has 0 spiro atoms. The quantitative estimate of drug-likeness (QED) is 0.786. The molecule has 1 saturated carbocycles. The van der Waals surface area contributed by atoms with Crippen molar-refractivity contribution < 1.29 is 13.5 Å². The summed E-state index contributed by atoms with van der Waals surface area (Å²) >= 11 is 5.86. The summed E-state index contributed by atoms with van der Waals surface area (Å²) in [6.45, 7) is 0.551. The Bertz CT molecular complexity index is 528. The normalized spacial score (nSPS) is 15.9. The van der Waals surface area contributed by atoms with E-state index in [9.17, 15) is 8.42 Å². The minimum atomic E-state index is -3.47. The molecule has 0 unspecified atom stereocenters. The van der Waals surface area contributed by atoms with Gasteiger partial charge in [-0.05, 0) is 43.9 Å². The van der Waals surface area contributed by atoms with Crippen LogP contribution in [0.4, 0.5) is 0 Å². The van der Waals surface area contributed by atoms with Gasteiger partial charge in [0.25, 0.3) is 0 Å². The van der Waals surface area contributed by atoms with Crippen molar-refractivity contribution >= 4 is 21.6 Å². The van der Waals surface area contributed by atoms with Crippen molar-refractivity contribution in [2.45, 2.75) is 36.6 Å². The van der Waals surface area contributed by atoms with Crippen LogP contribution in [0.25, 0.3) is 0 Å². The SMILES string of the molecule is O=S(=O)(c1cccc(Cl)c1)N(CCCCO)C1CC1. The van der Waals surface area contributed by atoms with E-state index in [-0.39, 0.29) is 17.5 Å². The Morgan fingerprint density at radius 2 is 2.05 bits per heavy atom. The van der Waals surface area contributed by atoms with Gasteiger partial charge in [-0.15, -0.1) is 0 Å². The molecule has 1 aliphatic rings. The second-order valence-electron chi connectivity index (χ2n) is 4.74. The highest BCUT2D eigenvalue weighted by Crippen LogP contribution is 2.32. The van der Waals surface area contributed by atoms with Gasteiger partial charge in [0.15, 0.2) is 0 Å². The van der Waals surface area contributed by atoms with Crippen molar-refractivity contribution in [1.82, 2.24) is 4.31 Å². The van der Waals surface area contributed by atoms with Crippen molar-refractivity contribution in [2.75, 3.05) is 13.2 Å². The fourth-order valence-corrected chi connectivity index (χ4v) is 4.03. The van der Waals surface area contributed by atoms with Gasteiger partial charge in [-0.25, -0.2) is 8.42 Å². The second-order valence-corrected chi connectivity index (χ2v) is 7.06. The summed E-state index contributed by atoms with van der Waals surface area (Å²) in [5.74, 6) is 0. The first-order valence-corrected chi connectivity index (χ1v) is 8.26. The van der Waals surface area contributed by atoms with Gasteiger partial charge < -0.3 is 5.11 Å². The molecule has 0 amide bonds. The van der Waals surface area contributed by atoms with Gasteiger partial charge in [-0.1, -0.05) is 17.7 Å². The number of unbranched alkanes of at least 4 members (excludes halogenated alkanes) is 1. The maximum atomic E-state index is 12.6. The molecule has 6 heteroatoms. The summed E-state index contributed by atoms with van der Waals surface area (Å²) in [4.78, 5) is 0.246. The lowest BCUT2D eigenvalue weighted by molar-refractivity contribution is 0.275. The lowest BCUT2D eigenvalue weighted by Crippen LogP contribution is -2.34. The number of nitrogens with zero attached hydrogens (tertiary/aromatic N) is 1. The van der Waals surface area contributed by atoms with Gasteiger partial charge in [0, 0.05) is 24.2 Å². The number of aliphatic hydroxyl groups excluding tert-OH is 1. The van der Waals surface area contributed by atoms with Crippen LogP contribution in [0.3, 0.4) is 0 Å². The lowest BCUT2D eigenvalue weighted by atomic mass is 10.3. The molecular weight excluding hydrogens is 286 g/mol. The van der Waals surface area contributed by atoms with Crippen LogP contribution in [0.15, 0.2) is 29.2 Å². The molecular formula is C13H18ClNO3S. The fraction of sp³-hybridized carbons (Fsp3) is 0.538. The summed E-state index contributed by atoms with van der Waals surface area (Å²) in [6.07, 6.45) is 3.12. The third kappa shape index (κ3) is 3.69. The minimum Gasteiger partial charge on any atom is -0.396 e. The van der Waals surface area contributed by atoms with Gasteiger partial charge >= 0.3 is 0 Å². The smallest absolute Gasteiger partial charge is 0.243 e. The second kappa shape index (κ2) is 6.22. The van der Waals surface area contributed by atoms with Crippen molar-refractivity contribution in [1.29, 1.82) is 0 Å². The van der Waals surface area contributed by atoms with Crippen LogP contribution in [-0.4, -0.2) is 37.0 Å². The van der Waals surface area contributed by atoms with Crippen molar-refractivity contribution in [2.24, 2.45) is 0 Å². The highest BCUT2D eigenvalue weighted by Gasteiger charge is 2.37. The number of aliphatic hydroxyl groups is 1. The summed E-state index contributed by atoms with van der Waals surface area (Å²) in [5, 5.41) is 9.23. The Hall–Kier alpha value is -0.620. The predicted octanol–water partition coefficient (Wildman–Crippen LogP) is 2.27. The first-order chi connectivity index (χ1) is 9.05. The van der Waals surface area contributed by atoms with Crippen LogP contribution in [0.5, 0.6) is 0 Å². The van der Waals surface area contributed by atoms with Crippen molar-refractivity contribution in [3.63, 3.8) is 0 Å². The molecule has 1 aromatic rings. The van der Waals surface area contributed by atoms with Crippen LogP contribution >= 0.6 is 11.6 Å². The Balaban J connectivity index is 2.19. The zero-order valence-electron chi connectivity index (χ0n) is 10.6. The first kappa shape index (κ1) is 14.8. The summed E-state index contributed by atoms with van der Waals surface area (Å²) in [6, 6.07) is 6.48. The maximum Gasteiger partial charge on any atom is 0.243 e. The van der Waals surface area contributed by atoms with Gasteiger partial charge in [0.05, 0.1) is 4.90 Å². The predicted molar refractivity (Wildman–Crippen MR) is 74.7 cm³/mol. The van der Waals surface area contributed by atoms with Crippen LogP contribution in [0.1, 0.15) is 25.7 Å². The minimum absolute atomic E-state index is 0.0930. The van der Waals surface area contributed by atoms with E-state index < -0.39 is 10.0 Å². The molecule has 0 aromatic heterocycles. The van der Waals surface area contributed by atoms with Gasteiger partial charge in [0.2, 0.25) is 10.0 Å². The van der Waals surface area contributed by atoms with Crippen LogP contribution in [0.2, 0.25) is 5.02 Å². The number of hydrogen-bond donors (Lipinski definition) is 1. The Labute approximate surface area is 119 Å². The van der Waals surface area contributed by atoms with Crippen LogP contribution in [0, 0.1) is 0 Å². The van der Waals surface area contributed by atoms with E-state index in [0.717, 1.165) is 12.8 Å². The molecule has 19 heavy (non-hydrogen) atoms. The first-order valence-electron chi connectivity index (χ1n) is 6.44. The molecule has 0 saturated heterocycles. The lowest BCUT2D eigenvalue weighted by Gasteiger charge is -2.21. The molecule has 1 aromatic carbocycles. The van der Waals surface area contributed by atoms with Crippen molar-refractivity contribution in [3.8, 4) is 0 Å². The summed E-state index contributed by atoms with van der Waals surface area (Å²) in [7, 11) is -3.47. The van der Waals surface area contributed by atoms with E-state index >= 15 is 0 Å². The van der Waals surface area contributed by atoms with E-state index in [1.165, 1.54) is 6.07 Å². The molecule has 2 rings (SSSR count). The molecule has 0 heterocycles. The molecule has 1 fully saturated rings. The molecule has 0 aliphatic heterocycles. The molecule has 106 valence electrons. The van der Waals surface area contributed by atoms with Crippen LogP contribution in [-0.2, 0) is 10.0 Å². The zero-order valence-corrected chi connectivity index (χ0v) is 12.2. The Morgan fingerprint density at radius 1 is 1.32 bits per heavy atom. The van der Waals surface area contributed by atoms with Crippen molar-refractivity contribution in [3.05, 3.63) is 29.3 Å². The van der Waals surface area contributed by atoms with E-state index in [4.69, 9.17) is 16.7 Å². The van der Waals surface area contributed by atoms with E-state index in [0.29, 0.717) is 24.4 Å². The molecule has 1 aliphatic carbocycles. The number of sulfonamides is 1. The Morgan fingerprint density at radius 3 is 2.63 bits per heavy atom. The van der Waals surface area contributed by atoms with Gasteiger partial charge in [-0.2, -0.15) is 4.31 Å². The van der Waals surface area contributed by atoms with Gasteiger partial charge in [0.1, 0.15) is 0 Å². The zero-order chi connectivity index (χ0) is 13.9. The third-order valence-corrected chi connectivity index (χ3v) is 5.33. The van der Waals surface area contributed by atoms with E-state index in [2.05, 4.69) is 0 Å². The van der Waals surface area contributed by atoms with Gasteiger partial charge in [-0.3, -0.25) is 0 Å². The van der Waals surface area contributed by atoms with E-state index in [1.54, 1.807) is 22.5 Å². The number of halogens is 1. The number of rotatable bonds is 7. The number of benzene rings is 1. The molecule has 1 N–H and O–H groups in total. The van der Waals surface area contributed by atoms with E-state index in [1.807, 2.05) is 0 Å². The highest BCUT2D eigenvalue weighted by molar-refractivity contribution is 7.89. The molecule has 4 nitrogen and oxygen atoms in total.